The van der Waals surface area contributed by atoms with E-state index >= 15 is 0 Å². The highest BCUT2D eigenvalue weighted by Gasteiger charge is 2.41. The minimum atomic E-state index is -0.720. The van der Waals surface area contributed by atoms with Crippen molar-refractivity contribution in [2.75, 3.05) is 13.1 Å². The number of imide groups is 1. The minimum absolute atomic E-state index is 0.108. The van der Waals surface area contributed by atoms with Crippen LogP contribution in [-0.4, -0.2) is 46.7 Å². The number of nitriles is 1. The molecule has 41 heavy (non-hydrogen) atoms. The standard InChI is InChI=1S/C32H29FN4O4/c33-23-15-26(28-19-37(32(40)27(28)16-23)29-8-9-30(38)35-31(29)39)22-10-12-36(13-11-22)18-21-2-1-3-25(14-21)41-24-6-4-20(17-34)5-7-24/h1-7,14-16,22,29H,8-13,18-19H2,(H,35,38,39). The molecule has 3 aromatic carbocycles. The van der Waals surface area contributed by atoms with E-state index in [0.717, 1.165) is 54.9 Å². The fraction of sp³-hybridized carbons (Fsp3) is 0.312. The number of hydrogen-bond acceptors (Lipinski definition) is 6. The lowest BCUT2D eigenvalue weighted by atomic mass is 9.85. The van der Waals surface area contributed by atoms with Gasteiger partial charge in [0.2, 0.25) is 11.8 Å². The summed E-state index contributed by atoms with van der Waals surface area (Å²) in [6.07, 6.45) is 2.11. The molecule has 6 rings (SSSR count). The van der Waals surface area contributed by atoms with E-state index in [4.69, 9.17) is 10.00 Å². The van der Waals surface area contributed by atoms with Crippen molar-refractivity contribution >= 4 is 17.7 Å². The van der Waals surface area contributed by atoms with Crippen LogP contribution in [0.15, 0.2) is 60.7 Å². The summed E-state index contributed by atoms with van der Waals surface area (Å²) in [6.45, 7) is 2.64. The number of halogens is 1. The third kappa shape index (κ3) is 5.56. The number of rotatable bonds is 6. The Kier molecular flexibility index (Phi) is 7.25. The van der Waals surface area contributed by atoms with E-state index in [9.17, 15) is 18.8 Å². The molecule has 8 nitrogen and oxygen atoms in total. The van der Waals surface area contributed by atoms with Crippen LogP contribution in [0, 0.1) is 17.1 Å². The van der Waals surface area contributed by atoms with Gasteiger partial charge in [0.05, 0.1) is 11.6 Å². The number of piperidine rings is 2. The largest absolute Gasteiger partial charge is 0.457 e. The summed E-state index contributed by atoms with van der Waals surface area (Å²) in [5.74, 6) is -0.101. The van der Waals surface area contributed by atoms with Gasteiger partial charge in [-0.3, -0.25) is 24.6 Å². The Labute approximate surface area is 237 Å². The topological polar surface area (TPSA) is 103 Å². The quantitative estimate of drug-likeness (QED) is 0.448. The molecular weight excluding hydrogens is 523 g/mol. The van der Waals surface area contributed by atoms with Crippen molar-refractivity contribution in [3.8, 4) is 17.6 Å². The maximum absolute atomic E-state index is 14.7. The van der Waals surface area contributed by atoms with Crippen LogP contribution in [0.1, 0.15) is 64.2 Å². The molecule has 0 aromatic heterocycles. The van der Waals surface area contributed by atoms with Gasteiger partial charge < -0.3 is 9.64 Å². The molecule has 3 amide bonds. The van der Waals surface area contributed by atoms with E-state index in [1.54, 1.807) is 30.3 Å². The average Bonchev–Trinajstić information content (AvgIpc) is 3.29. The summed E-state index contributed by atoms with van der Waals surface area (Å²) < 4.78 is 20.7. The second kappa shape index (κ2) is 11.1. The lowest BCUT2D eigenvalue weighted by Gasteiger charge is -2.33. The number of carbonyl (C=O) groups excluding carboxylic acids is 3. The van der Waals surface area contributed by atoms with Gasteiger partial charge in [0.15, 0.2) is 0 Å². The van der Waals surface area contributed by atoms with E-state index in [1.165, 1.54) is 11.0 Å². The number of amides is 3. The van der Waals surface area contributed by atoms with Crippen LogP contribution in [-0.2, 0) is 22.7 Å². The van der Waals surface area contributed by atoms with Crippen LogP contribution in [0.5, 0.6) is 11.5 Å². The molecule has 2 fully saturated rings. The Morgan fingerprint density at radius 3 is 2.49 bits per heavy atom. The molecule has 9 heteroatoms. The van der Waals surface area contributed by atoms with Crippen LogP contribution >= 0.6 is 0 Å². The fourth-order valence-electron chi connectivity index (χ4n) is 6.12. The zero-order valence-electron chi connectivity index (χ0n) is 22.4. The fourth-order valence-corrected chi connectivity index (χ4v) is 6.12. The molecule has 0 bridgehead atoms. The van der Waals surface area contributed by atoms with Gasteiger partial charge >= 0.3 is 0 Å². The third-order valence-corrected chi connectivity index (χ3v) is 8.21. The van der Waals surface area contributed by atoms with E-state index in [1.807, 2.05) is 18.2 Å². The van der Waals surface area contributed by atoms with E-state index in [0.29, 0.717) is 16.9 Å². The first kappa shape index (κ1) is 26.7. The Bertz CT molecular complexity index is 1560. The summed E-state index contributed by atoms with van der Waals surface area (Å²) in [6, 6.07) is 19.1. The molecule has 0 aliphatic carbocycles. The van der Waals surface area contributed by atoms with Crippen LogP contribution < -0.4 is 10.1 Å². The first-order valence-electron chi connectivity index (χ1n) is 13.8. The predicted octanol–water partition coefficient (Wildman–Crippen LogP) is 4.63. The maximum Gasteiger partial charge on any atom is 0.255 e. The average molecular weight is 553 g/mol. The van der Waals surface area contributed by atoms with Crippen molar-refractivity contribution in [1.82, 2.24) is 15.1 Å². The van der Waals surface area contributed by atoms with Crippen molar-refractivity contribution in [2.45, 2.75) is 50.7 Å². The Balaban J connectivity index is 1.10. The molecule has 3 aromatic rings. The van der Waals surface area contributed by atoms with Crippen molar-refractivity contribution < 1.29 is 23.5 Å². The molecule has 0 saturated carbocycles. The van der Waals surface area contributed by atoms with Gasteiger partial charge in [-0.1, -0.05) is 12.1 Å². The van der Waals surface area contributed by atoms with E-state index in [2.05, 4.69) is 22.4 Å². The minimum Gasteiger partial charge on any atom is -0.457 e. The second-order valence-corrected chi connectivity index (χ2v) is 10.9. The van der Waals surface area contributed by atoms with Gasteiger partial charge in [0, 0.05) is 25.1 Å². The van der Waals surface area contributed by atoms with Crippen molar-refractivity contribution in [3.05, 3.63) is 94.3 Å². The van der Waals surface area contributed by atoms with Crippen LogP contribution in [0.3, 0.4) is 0 Å². The molecule has 1 unspecified atom stereocenters. The summed E-state index contributed by atoms with van der Waals surface area (Å²) in [5, 5.41) is 11.3. The Morgan fingerprint density at radius 2 is 1.76 bits per heavy atom. The first-order valence-corrected chi connectivity index (χ1v) is 13.8. The van der Waals surface area contributed by atoms with Gasteiger partial charge in [0.25, 0.3) is 5.91 Å². The van der Waals surface area contributed by atoms with Crippen molar-refractivity contribution in [3.63, 3.8) is 0 Å². The van der Waals surface area contributed by atoms with Gasteiger partial charge in [-0.05, 0) is 103 Å². The second-order valence-electron chi connectivity index (χ2n) is 10.9. The molecule has 2 saturated heterocycles. The first-order chi connectivity index (χ1) is 19.9. The molecule has 3 aliphatic rings. The molecule has 208 valence electrons. The van der Waals surface area contributed by atoms with Gasteiger partial charge in [-0.15, -0.1) is 0 Å². The van der Waals surface area contributed by atoms with Crippen LogP contribution in [0.2, 0.25) is 0 Å². The smallest absolute Gasteiger partial charge is 0.255 e. The van der Waals surface area contributed by atoms with Crippen molar-refractivity contribution in [2.24, 2.45) is 0 Å². The lowest BCUT2D eigenvalue weighted by molar-refractivity contribution is -0.136. The lowest BCUT2D eigenvalue weighted by Crippen LogP contribution is -2.52. The summed E-state index contributed by atoms with van der Waals surface area (Å²) in [4.78, 5) is 41.1. The summed E-state index contributed by atoms with van der Waals surface area (Å²) in [5.41, 5.74) is 3.67. The van der Waals surface area contributed by atoms with E-state index < -0.39 is 17.8 Å². The molecular formula is C32H29FN4O4. The highest BCUT2D eigenvalue weighted by Crippen LogP contribution is 2.38. The molecule has 0 radical (unpaired) electrons. The Hall–Kier alpha value is -4.55. The Morgan fingerprint density at radius 1 is 0.976 bits per heavy atom. The van der Waals surface area contributed by atoms with Gasteiger partial charge in [-0.25, -0.2) is 4.39 Å². The number of nitrogens with one attached hydrogen (secondary N) is 1. The number of likely N-dealkylation sites (tertiary alicyclic amines) is 1. The number of fused-ring (bicyclic) bond motifs is 1. The zero-order valence-corrected chi connectivity index (χ0v) is 22.4. The van der Waals surface area contributed by atoms with Crippen LogP contribution in [0.25, 0.3) is 0 Å². The number of ether oxygens (including phenoxy) is 1. The molecule has 3 heterocycles. The zero-order chi connectivity index (χ0) is 28.5. The van der Waals surface area contributed by atoms with Gasteiger partial charge in [-0.2, -0.15) is 5.26 Å². The molecule has 3 aliphatic heterocycles. The SMILES string of the molecule is N#Cc1ccc(Oc2cccc(CN3CCC(c4cc(F)cc5c4CN(C4CCC(=O)NC4=O)C5=O)CC3)c2)cc1. The number of carbonyl (C=O) groups is 3. The van der Waals surface area contributed by atoms with Crippen LogP contribution in [0.4, 0.5) is 4.39 Å². The van der Waals surface area contributed by atoms with E-state index in [-0.39, 0.29) is 37.1 Å². The monoisotopic (exact) mass is 552 g/mol. The molecule has 0 spiro atoms. The third-order valence-electron chi connectivity index (χ3n) is 8.21. The molecule has 1 atom stereocenters. The van der Waals surface area contributed by atoms with Gasteiger partial charge in [0.1, 0.15) is 23.4 Å². The summed E-state index contributed by atoms with van der Waals surface area (Å²) in [7, 11) is 0. The predicted molar refractivity (Wildman–Crippen MR) is 147 cm³/mol. The summed E-state index contributed by atoms with van der Waals surface area (Å²) >= 11 is 0. The highest BCUT2D eigenvalue weighted by molar-refractivity contribution is 6.05. The number of benzene rings is 3. The molecule has 1 N–H and O–H groups in total. The number of hydrogen-bond donors (Lipinski definition) is 1. The number of nitrogens with zero attached hydrogens (tertiary/aromatic N) is 3. The van der Waals surface area contributed by atoms with Crippen molar-refractivity contribution in [1.29, 1.82) is 5.26 Å². The highest BCUT2D eigenvalue weighted by atomic mass is 19.1. The normalized spacial score (nSPS) is 19.6. The maximum atomic E-state index is 14.7.